The smallest absolute Gasteiger partial charge is 0.0766 e. The first-order chi connectivity index (χ1) is 9.56. The van der Waals surface area contributed by atoms with Crippen LogP contribution in [0.25, 0.3) is 0 Å². The van der Waals surface area contributed by atoms with Crippen molar-refractivity contribution in [2.45, 2.75) is 66.0 Å². The molecule has 3 nitrogen and oxygen atoms in total. The van der Waals surface area contributed by atoms with E-state index in [-0.39, 0.29) is 0 Å². The zero-order valence-corrected chi connectivity index (χ0v) is 14.8. The largest absolute Gasteiger partial charge is 0.314 e. The molecule has 114 valence electrons. The van der Waals surface area contributed by atoms with Crippen LogP contribution < -0.4 is 5.32 Å². The third kappa shape index (κ3) is 3.85. The average Bonchev–Trinajstić information content (AvgIpc) is 3.22. The molecular weight excluding hydrogens is 314 g/mol. The molecule has 1 aliphatic carbocycles. The molecule has 2 unspecified atom stereocenters. The monoisotopic (exact) mass is 341 g/mol. The van der Waals surface area contributed by atoms with Gasteiger partial charge in [0, 0.05) is 12.6 Å². The van der Waals surface area contributed by atoms with Crippen molar-refractivity contribution in [2.75, 3.05) is 6.54 Å². The molecule has 2 rings (SSSR count). The van der Waals surface area contributed by atoms with Gasteiger partial charge in [0.15, 0.2) is 0 Å². The molecule has 1 N–H and O–H groups in total. The van der Waals surface area contributed by atoms with Gasteiger partial charge in [-0.1, -0.05) is 20.8 Å². The molecule has 20 heavy (non-hydrogen) atoms. The molecule has 0 aromatic carbocycles. The summed E-state index contributed by atoms with van der Waals surface area (Å²) in [5.74, 6) is 1.37. The summed E-state index contributed by atoms with van der Waals surface area (Å²) in [6.07, 6.45) is 4.84. The van der Waals surface area contributed by atoms with E-state index in [9.17, 15) is 0 Å². The predicted molar refractivity (Wildman–Crippen MR) is 88.0 cm³/mol. The first-order valence-corrected chi connectivity index (χ1v) is 8.83. The molecule has 1 fully saturated rings. The van der Waals surface area contributed by atoms with E-state index in [2.05, 4.69) is 53.6 Å². The molecule has 0 saturated heterocycles. The highest BCUT2D eigenvalue weighted by Crippen LogP contribution is 2.27. The molecule has 1 saturated carbocycles. The number of rotatable bonds is 8. The van der Waals surface area contributed by atoms with Crippen LogP contribution in [0.5, 0.6) is 0 Å². The van der Waals surface area contributed by atoms with Gasteiger partial charge in [0.05, 0.1) is 15.9 Å². The Morgan fingerprint density at radius 3 is 2.55 bits per heavy atom. The summed E-state index contributed by atoms with van der Waals surface area (Å²) in [5.41, 5.74) is 2.56. The molecule has 0 aliphatic heterocycles. The Hall–Kier alpha value is -0.350. The highest BCUT2D eigenvalue weighted by atomic mass is 79.9. The van der Waals surface area contributed by atoms with Crippen LogP contribution in [0.3, 0.4) is 0 Å². The molecule has 0 radical (unpaired) electrons. The van der Waals surface area contributed by atoms with Crippen LogP contribution in [0.4, 0.5) is 0 Å². The van der Waals surface area contributed by atoms with E-state index < -0.39 is 0 Å². The highest BCUT2D eigenvalue weighted by Gasteiger charge is 2.23. The van der Waals surface area contributed by atoms with Gasteiger partial charge in [-0.3, -0.25) is 4.68 Å². The fourth-order valence-electron chi connectivity index (χ4n) is 2.56. The number of nitrogens with zero attached hydrogens (tertiary/aromatic N) is 2. The molecule has 1 heterocycles. The van der Waals surface area contributed by atoms with Gasteiger partial charge in [-0.05, 0) is 66.9 Å². The van der Waals surface area contributed by atoms with Crippen LogP contribution in [0.2, 0.25) is 0 Å². The first-order valence-electron chi connectivity index (χ1n) is 8.04. The van der Waals surface area contributed by atoms with Crippen LogP contribution in [0, 0.1) is 11.8 Å². The average molecular weight is 342 g/mol. The van der Waals surface area contributed by atoms with Crippen molar-refractivity contribution in [3.8, 4) is 0 Å². The Bertz CT molecular complexity index is 437. The molecule has 1 aromatic rings. The summed E-state index contributed by atoms with van der Waals surface area (Å²) in [4.78, 5) is 0. The summed E-state index contributed by atoms with van der Waals surface area (Å²) >= 11 is 3.75. The molecule has 0 amide bonds. The molecule has 1 aromatic heterocycles. The SMILES string of the molecule is CCc1nn(CC)c(CC(C)C(C)CNC2CC2)c1Br. The maximum absolute atomic E-state index is 4.70. The Kier molecular flexibility index (Phi) is 5.67. The molecule has 0 bridgehead atoms. The van der Waals surface area contributed by atoms with Crippen LogP contribution in [-0.2, 0) is 19.4 Å². The van der Waals surface area contributed by atoms with Crippen molar-refractivity contribution in [1.29, 1.82) is 0 Å². The minimum absolute atomic E-state index is 0.671. The fourth-order valence-corrected chi connectivity index (χ4v) is 3.29. The van der Waals surface area contributed by atoms with Gasteiger partial charge >= 0.3 is 0 Å². The van der Waals surface area contributed by atoms with E-state index in [1.807, 2.05) is 0 Å². The van der Waals surface area contributed by atoms with Gasteiger partial charge < -0.3 is 5.32 Å². The lowest BCUT2D eigenvalue weighted by atomic mass is 9.91. The van der Waals surface area contributed by atoms with Crippen molar-refractivity contribution < 1.29 is 0 Å². The molecule has 4 heteroatoms. The topological polar surface area (TPSA) is 29.9 Å². The Labute approximate surface area is 131 Å². The van der Waals surface area contributed by atoms with Gasteiger partial charge in [0.2, 0.25) is 0 Å². The van der Waals surface area contributed by atoms with E-state index in [1.165, 1.54) is 28.7 Å². The standard InChI is InChI=1S/C16H28BrN3/c1-5-14-16(17)15(20(6-2)19-14)9-11(3)12(4)10-18-13-7-8-13/h11-13,18H,5-10H2,1-4H3. The van der Waals surface area contributed by atoms with E-state index >= 15 is 0 Å². The number of aromatic nitrogens is 2. The number of aryl methyl sites for hydroxylation is 2. The number of hydrogen-bond acceptors (Lipinski definition) is 2. The van der Waals surface area contributed by atoms with Crippen molar-refractivity contribution >= 4 is 15.9 Å². The lowest BCUT2D eigenvalue weighted by Gasteiger charge is -2.21. The first kappa shape index (κ1) is 16.0. The van der Waals surface area contributed by atoms with E-state index in [4.69, 9.17) is 5.10 Å². The molecule has 1 aliphatic rings. The van der Waals surface area contributed by atoms with Crippen molar-refractivity contribution in [3.05, 3.63) is 15.9 Å². The summed E-state index contributed by atoms with van der Waals surface area (Å²) in [5, 5.41) is 8.35. The van der Waals surface area contributed by atoms with E-state index in [0.717, 1.165) is 32.0 Å². The molecule has 2 atom stereocenters. The van der Waals surface area contributed by atoms with Gasteiger partial charge in [0.25, 0.3) is 0 Å². The number of halogens is 1. The molecule has 0 spiro atoms. The van der Waals surface area contributed by atoms with Gasteiger partial charge in [-0.25, -0.2) is 0 Å². The second kappa shape index (κ2) is 7.08. The van der Waals surface area contributed by atoms with Crippen molar-refractivity contribution in [1.82, 2.24) is 15.1 Å². The summed E-state index contributed by atoms with van der Waals surface area (Å²) in [6, 6.07) is 0.809. The highest BCUT2D eigenvalue weighted by molar-refractivity contribution is 9.10. The van der Waals surface area contributed by atoms with Crippen LogP contribution in [-0.4, -0.2) is 22.4 Å². The van der Waals surface area contributed by atoms with E-state index in [0.29, 0.717) is 11.8 Å². The second-order valence-electron chi connectivity index (χ2n) is 6.22. The molecular formula is C16H28BrN3. The van der Waals surface area contributed by atoms with Crippen LogP contribution >= 0.6 is 15.9 Å². The van der Waals surface area contributed by atoms with Gasteiger partial charge in [-0.2, -0.15) is 5.10 Å². The van der Waals surface area contributed by atoms with Crippen LogP contribution in [0.15, 0.2) is 4.47 Å². The van der Waals surface area contributed by atoms with E-state index in [1.54, 1.807) is 0 Å². The zero-order chi connectivity index (χ0) is 14.7. The fraction of sp³-hybridized carbons (Fsp3) is 0.812. The Morgan fingerprint density at radius 1 is 1.30 bits per heavy atom. The Balaban J connectivity index is 1.98. The lowest BCUT2D eigenvalue weighted by molar-refractivity contribution is 0.356. The van der Waals surface area contributed by atoms with Crippen LogP contribution in [0.1, 0.15) is 51.9 Å². The van der Waals surface area contributed by atoms with Crippen molar-refractivity contribution in [3.63, 3.8) is 0 Å². The van der Waals surface area contributed by atoms with Gasteiger partial charge in [0.1, 0.15) is 0 Å². The third-order valence-electron chi connectivity index (χ3n) is 4.49. The lowest BCUT2D eigenvalue weighted by Crippen LogP contribution is -2.28. The number of hydrogen-bond donors (Lipinski definition) is 1. The van der Waals surface area contributed by atoms with Gasteiger partial charge in [-0.15, -0.1) is 0 Å². The predicted octanol–water partition coefficient (Wildman–Crippen LogP) is 3.79. The zero-order valence-electron chi connectivity index (χ0n) is 13.2. The minimum Gasteiger partial charge on any atom is -0.314 e. The number of nitrogens with one attached hydrogen (secondary N) is 1. The van der Waals surface area contributed by atoms with Crippen molar-refractivity contribution in [2.24, 2.45) is 11.8 Å². The minimum atomic E-state index is 0.671. The summed E-state index contributed by atoms with van der Waals surface area (Å²) < 4.78 is 3.40. The normalized spacial score (nSPS) is 18.2. The second-order valence-corrected chi connectivity index (χ2v) is 7.01. The summed E-state index contributed by atoms with van der Waals surface area (Å²) in [6.45, 7) is 11.2. The quantitative estimate of drug-likeness (QED) is 0.779. The third-order valence-corrected chi connectivity index (χ3v) is 5.40. The Morgan fingerprint density at radius 2 is 2.00 bits per heavy atom. The summed E-state index contributed by atoms with van der Waals surface area (Å²) in [7, 11) is 0. The maximum Gasteiger partial charge on any atom is 0.0766 e. The maximum atomic E-state index is 4.70.